The average molecular weight is 270 g/mol. The standard InChI is InChI=1S/C17H22N2O/c1-4-20-17-13(2)10-15(11-14(17)3)12-18-19-16-8-6-5-7-9-16/h5-11,18-19H,4,12H2,1-3H3. The number of hydrogen-bond donors (Lipinski definition) is 2. The predicted molar refractivity (Wildman–Crippen MR) is 84.0 cm³/mol. The van der Waals surface area contributed by atoms with Crippen LogP contribution < -0.4 is 15.6 Å². The Kier molecular flexibility index (Phi) is 5.02. The van der Waals surface area contributed by atoms with Gasteiger partial charge in [-0.15, -0.1) is 0 Å². The lowest BCUT2D eigenvalue weighted by atomic mass is 10.1. The third-order valence-electron chi connectivity index (χ3n) is 3.11. The summed E-state index contributed by atoms with van der Waals surface area (Å²) in [5, 5.41) is 0. The van der Waals surface area contributed by atoms with Gasteiger partial charge in [-0.1, -0.05) is 30.3 Å². The molecule has 0 bridgehead atoms. The first-order chi connectivity index (χ1) is 9.70. The molecule has 0 unspecified atom stereocenters. The van der Waals surface area contributed by atoms with Crippen molar-refractivity contribution in [2.45, 2.75) is 27.3 Å². The van der Waals surface area contributed by atoms with Crippen molar-refractivity contribution in [3.8, 4) is 5.75 Å². The Morgan fingerprint density at radius 1 is 1.00 bits per heavy atom. The molecule has 0 fully saturated rings. The van der Waals surface area contributed by atoms with Crippen LogP contribution in [0.15, 0.2) is 42.5 Å². The highest BCUT2D eigenvalue weighted by molar-refractivity contribution is 5.44. The second-order valence-corrected chi connectivity index (χ2v) is 4.84. The van der Waals surface area contributed by atoms with Crippen molar-refractivity contribution in [1.82, 2.24) is 5.43 Å². The summed E-state index contributed by atoms with van der Waals surface area (Å²) in [7, 11) is 0. The molecule has 20 heavy (non-hydrogen) atoms. The molecule has 2 N–H and O–H groups in total. The van der Waals surface area contributed by atoms with Gasteiger partial charge >= 0.3 is 0 Å². The van der Waals surface area contributed by atoms with Crippen LogP contribution in [0.4, 0.5) is 5.69 Å². The Balaban J connectivity index is 1.96. The van der Waals surface area contributed by atoms with Gasteiger partial charge < -0.3 is 10.2 Å². The van der Waals surface area contributed by atoms with E-state index in [9.17, 15) is 0 Å². The number of hydrazine groups is 1. The summed E-state index contributed by atoms with van der Waals surface area (Å²) in [6.45, 7) is 7.66. The molecule has 0 saturated carbocycles. The van der Waals surface area contributed by atoms with Crippen LogP contribution >= 0.6 is 0 Å². The zero-order valence-corrected chi connectivity index (χ0v) is 12.4. The number of benzene rings is 2. The summed E-state index contributed by atoms with van der Waals surface area (Å²) in [4.78, 5) is 0. The van der Waals surface area contributed by atoms with Crippen molar-refractivity contribution in [3.05, 3.63) is 59.2 Å². The molecule has 0 amide bonds. The van der Waals surface area contributed by atoms with Crippen molar-refractivity contribution in [2.24, 2.45) is 0 Å². The smallest absolute Gasteiger partial charge is 0.125 e. The van der Waals surface area contributed by atoms with Crippen LogP contribution in [0, 0.1) is 13.8 Å². The number of anilines is 1. The molecule has 0 aliphatic rings. The van der Waals surface area contributed by atoms with E-state index in [2.05, 4.69) is 36.8 Å². The van der Waals surface area contributed by atoms with Gasteiger partial charge in [0, 0.05) is 12.2 Å². The maximum absolute atomic E-state index is 5.66. The average Bonchev–Trinajstić information content (AvgIpc) is 2.44. The minimum absolute atomic E-state index is 0.703. The molecule has 2 aromatic rings. The van der Waals surface area contributed by atoms with E-state index in [-0.39, 0.29) is 0 Å². The third kappa shape index (κ3) is 3.75. The molecule has 3 heteroatoms. The monoisotopic (exact) mass is 270 g/mol. The summed E-state index contributed by atoms with van der Waals surface area (Å²) in [5.74, 6) is 1.01. The number of aryl methyl sites for hydroxylation is 2. The largest absolute Gasteiger partial charge is 0.493 e. The van der Waals surface area contributed by atoms with Crippen molar-refractivity contribution in [1.29, 1.82) is 0 Å². The molecule has 0 aromatic heterocycles. The lowest BCUT2D eigenvalue weighted by molar-refractivity contribution is 0.335. The van der Waals surface area contributed by atoms with E-state index in [1.807, 2.05) is 37.3 Å². The molecule has 0 spiro atoms. The van der Waals surface area contributed by atoms with E-state index in [1.54, 1.807) is 0 Å². The lowest BCUT2D eigenvalue weighted by Crippen LogP contribution is -2.20. The predicted octanol–water partition coefficient (Wildman–Crippen LogP) is 3.82. The number of rotatable bonds is 6. The van der Waals surface area contributed by atoms with Crippen molar-refractivity contribution < 1.29 is 4.74 Å². The van der Waals surface area contributed by atoms with Crippen molar-refractivity contribution in [2.75, 3.05) is 12.0 Å². The molecule has 0 atom stereocenters. The molecule has 0 aliphatic heterocycles. The normalized spacial score (nSPS) is 10.3. The van der Waals surface area contributed by atoms with E-state index in [0.717, 1.165) is 18.0 Å². The summed E-state index contributed by atoms with van der Waals surface area (Å²) in [6, 6.07) is 14.4. The fourth-order valence-electron chi connectivity index (χ4n) is 2.28. The Hall–Kier alpha value is -2.00. The quantitative estimate of drug-likeness (QED) is 0.783. The van der Waals surface area contributed by atoms with Crippen LogP contribution in [0.25, 0.3) is 0 Å². The molecule has 0 aliphatic carbocycles. The Morgan fingerprint density at radius 2 is 1.65 bits per heavy atom. The van der Waals surface area contributed by atoms with E-state index in [0.29, 0.717) is 6.61 Å². The number of para-hydroxylation sites is 1. The highest BCUT2D eigenvalue weighted by Crippen LogP contribution is 2.24. The minimum atomic E-state index is 0.703. The van der Waals surface area contributed by atoms with Crippen LogP contribution in [0.5, 0.6) is 5.75 Å². The minimum Gasteiger partial charge on any atom is -0.493 e. The maximum atomic E-state index is 5.66. The number of nitrogens with one attached hydrogen (secondary N) is 2. The molecule has 0 saturated heterocycles. The SMILES string of the molecule is CCOc1c(C)cc(CNNc2ccccc2)cc1C. The Bertz CT molecular complexity index is 529. The summed E-state index contributed by atoms with van der Waals surface area (Å²) >= 11 is 0. The van der Waals surface area contributed by atoms with Gasteiger partial charge in [0.2, 0.25) is 0 Å². The van der Waals surface area contributed by atoms with Gasteiger partial charge in [-0.05, 0) is 49.6 Å². The first kappa shape index (κ1) is 14.4. The van der Waals surface area contributed by atoms with Crippen LogP contribution in [-0.2, 0) is 6.54 Å². The summed E-state index contributed by atoms with van der Waals surface area (Å²) in [6.07, 6.45) is 0. The molecular formula is C17H22N2O. The van der Waals surface area contributed by atoms with Gasteiger partial charge in [0.1, 0.15) is 5.75 Å². The molecule has 106 valence electrons. The first-order valence-electron chi connectivity index (χ1n) is 6.97. The van der Waals surface area contributed by atoms with Gasteiger partial charge in [0.15, 0.2) is 0 Å². The van der Waals surface area contributed by atoms with Gasteiger partial charge in [0.25, 0.3) is 0 Å². The van der Waals surface area contributed by atoms with Gasteiger partial charge in [0.05, 0.1) is 6.61 Å². The summed E-state index contributed by atoms with van der Waals surface area (Å²) < 4.78 is 5.66. The number of hydrogen-bond acceptors (Lipinski definition) is 3. The van der Waals surface area contributed by atoms with Gasteiger partial charge in [-0.3, -0.25) is 0 Å². The van der Waals surface area contributed by atoms with Crippen LogP contribution in [0.2, 0.25) is 0 Å². The summed E-state index contributed by atoms with van der Waals surface area (Å²) in [5.41, 5.74) is 11.1. The van der Waals surface area contributed by atoms with Gasteiger partial charge in [-0.2, -0.15) is 0 Å². The molecule has 0 heterocycles. The second-order valence-electron chi connectivity index (χ2n) is 4.84. The Labute approximate surface area is 120 Å². The first-order valence-corrected chi connectivity index (χ1v) is 6.97. The maximum Gasteiger partial charge on any atom is 0.125 e. The topological polar surface area (TPSA) is 33.3 Å². The third-order valence-corrected chi connectivity index (χ3v) is 3.11. The number of ether oxygens (including phenoxy) is 1. The fourth-order valence-corrected chi connectivity index (χ4v) is 2.28. The molecule has 0 radical (unpaired) electrons. The van der Waals surface area contributed by atoms with Crippen LogP contribution in [-0.4, -0.2) is 6.61 Å². The highest BCUT2D eigenvalue weighted by Gasteiger charge is 2.05. The fraction of sp³-hybridized carbons (Fsp3) is 0.294. The van der Waals surface area contributed by atoms with Crippen molar-refractivity contribution in [3.63, 3.8) is 0 Å². The van der Waals surface area contributed by atoms with Crippen LogP contribution in [0.1, 0.15) is 23.6 Å². The molecule has 3 nitrogen and oxygen atoms in total. The molecular weight excluding hydrogens is 248 g/mol. The second kappa shape index (κ2) is 6.96. The van der Waals surface area contributed by atoms with E-state index < -0.39 is 0 Å². The van der Waals surface area contributed by atoms with E-state index in [1.165, 1.54) is 16.7 Å². The van der Waals surface area contributed by atoms with Crippen molar-refractivity contribution >= 4 is 5.69 Å². The zero-order valence-electron chi connectivity index (χ0n) is 12.4. The van der Waals surface area contributed by atoms with E-state index >= 15 is 0 Å². The zero-order chi connectivity index (χ0) is 14.4. The highest BCUT2D eigenvalue weighted by atomic mass is 16.5. The van der Waals surface area contributed by atoms with Crippen LogP contribution in [0.3, 0.4) is 0 Å². The molecule has 2 rings (SSSR count). The van der Waals surface area contributed by atoms with Gasteiger partial charge in [-0.25, -0.2) is 5.43 Å². The lowest BCUT2D eigenvalue weighted by Gasteiger charge is -2.14. The van der Waals surface area contributed by atoms with E-state index in [4.69, 9.17) is 4.74 Å². The molecule has 2 aromatic carbocycles. The Morgan fingerprint density at radius 3 is 2.25 bits per heavy atom.